The highest BCUT2D eigenvalue weighted by molar-refractivity contribution is 7.99. The quantitative estimate of drug-likeness (QED) is 0.697. The van der Waals surface area contributed by atoms with Crippen molar-refractivity contribution in [1.29, 1.82) is 0 Å². The third-order valence-corrected chi connectivity index (χ3v) is 4.48. The number of carbonyl (C=O) groups is 3. The Kier molecular flexibility index (Phi) is 5.46. The van der Waals surface area contributed by atoms with Gasteiger partial charge in [-0.3, -0.25) is 4.90 Å². The molecule has 2 aliphatic heterocycles. The molecule has 0 spiro atoms. The highest BCUT2D eigenvalue weighted by atomic mass is 32.2. The van der Waals surface area contributed by atoms with Gasteiger partial charge in [0.1, 0.15) is 17.2 Å². The van der Waals surface area contributed by atoms with Crippen molar-refractivity contribution in [2.75, 3.05) is 11.6 Å². The molecule has 0 saturated carbocycles. The Hall–Kier alpha value is -1.64. The summed E-state index contributed by atoms with van der Waals surface area (Å²) in [6.07, 6.45) is -1.18. The van der Waals surface area contributed by atoms with Crippen LogP contribution in [0.4, 0.5) is 9.59 Å². The Morgan fingerprint density at radius 2 is 1.60 bits per heavy atom. The molecule has 0 aliphatic carbocycles. The maximum Gasteiger partial charge on any atom is 0.444 e. The lowest BCUT2D eigenvalue weighted by atomic mass is 10.1. The molecule has 0 aromatic carbocycles. The normalized spacial score (nSPS) is 24.3. The van der Waals surface area contributed by atoms with E-state index in [0.717, 1.165) is 5.06 Å². The van der Waals surface area contributed by atoms with E-state index in [1.54, 1.807) is 46.4 Å². The number of rotatable bonds is 1. The highest BCUT2D eigenvalue weighted by Gasteiger charge is 2.48. The van der Waals surface area contributed by atoms with Gasteiger partial charge < -0.3 is 14.3 Å². The van der Waals surface area contributed by atoms with Gasteiger partial charge in [-0.25, -0.2) is 14.4 Å². The molecule has 2 fully saturated rings. The van der Waals surface area contributed by atoms with E-state index in [-0.39, 0.29) is 12.5 Å². The van der Waals surface area contributed by atoms with Crippen molar-refractivity contribution in [3.8, 4) is 0 Å². The van der Waals surface area contributed by atoms with Gasteiger partial charge in [0.2, 0.25) is 0 Å². The molecule has 2 heterocycles. The minimum Gasteiger partial charge on any atom is -0.444 e. The molecule has 0 unspecified atom stereocenters. The number of hydrogen-bond acceptors (Lipinski definition) is 7. The first kappa shape index (κ1) is 19.7. The van der Waals surface area contributed by atoms with Crippen LogP contribution in [0.1, 0.15) is 48.0 Å². The summed E-state index contributed by atoms with van der Waals surface area (Å²) in [7, 11) is 0. The lowest BCUT2D eigenvalue weighted by Gasteiger charge is -2.33. The Morgan fingerprint density at radius 1 is 1.04 bits per heavy atom. The van der Waals surface area contributed by atoms with E-state index in [0.29, 0.717) is 11.6 Å². The predicted octanol–water partition coefficient (Wildman–Crippen LogP) is 2.76. The standard InChI is InChI=1S/C16H26N2O6S/c1-15(2,3)22-13(20)17-9-25-8-11(17)10-7-12(19)24-18(10)14(21)23-16(4,5)6/h10-11H,7-9H2,1-6H3/t10-,11-/m0/s1. The number of nitrogens with zero attached hydrogens (tertiary/aromatic N) is 2. The molecule has 142 valence electrons. The second-order valence-corrected chi connectivity index (χ2v) is 9.06. The average molecular weight is 374 g/mol. The Balaban J connectivity index is 2.14. The molecule has 2 amide bonds. The van der Waals surface area contributed by atoms with Crippen LogP contribution in [-0.2, 0) is 19.1 Å². The third kappa shape index (κ3) is 5.17. The largest absolute Gasteiger partial charge is 0.444 e. The molecule has 0 aromatic heterocycles. The summed E-state index contributed by atoms with van der Waals surface area (Å²) < 4.78 is 10.7. The van der Waals surface area contributed by atoms with Crippen LogP contribution in [0.25, 0.3) is 0 Å². The van der Waals surface area contributed by atoms with Gasteiger partial charge in [0.15, 0.2) is 0 Å². The van der Waals surface area contributed by atoms with Gasteiger partial charge in [-0.05, 0) is 41.5 Å². The van der Waals surface area contributed by atoms with Crippen LogP contribution in [0, 0.1) is 0 Å². The molecule has 25 heavy (non-hydrogen) atoms. The zero-order valence-electron chi connectivity index (χ0n) is 15.5. The minimum atomic E-state index is -0.732. The zero-order valence-corrected chi connectivity index (χ0v) is 16.3. The fourth-order valence-electron chi connectivity index (χ4n) is 2.53. The van der Waals surface area contributed by atoms with Crippen LogP contribution in [0.3, 0.4) is 0 Å². The number of amides is 2. The van der Waals surface area contributed by atoms with Crippen molar-refractivity contribution in [3.63, 3.8) is 0 Å². The van der Waals surface area contributed by atoms with Crippen LogP contribution in [0.5, 0.6) is 0 Å². The summed E-state index contributed by atoms with van der Waals surface area (Å²) in [5.41, 5.74) is -1.34. The summed E-state index contributed by atoms with van der Waals surface area (Å²) >= 11 is 1.54. The fourth-order valence-corrected chi connectivity index (χ4v) is 3.77. The molecular formula is C16H26N2O6S. The molecule has 9 heteroatoms. The maximum atomic E-state index is 12.4. The molecule has 8 nitrogen and oxygen atoms in total. The number of hydrogen-bond donors (Lipinski definition) is 0. The first-order valence-electron chi connectivity index (χ1n) is 8.18. The second kappa shape index (κ2) is 6.93. The molecule has 0 bridgehead atoms. The first-order chi connectivity index (χ1) is 11.4. The molecule has 2 atom stereocenters. The summed E-state index contributed by atoms with van der Waals surface area (Å²) in [5, 5.41) is 0.960. The van der Waals surface area contributed by atoms with Gasteiger partial charge in [0.05, 0.1) is 18.3 Å². The fraction of sp³-hybridized carbons (Fsp3) is 0.812. The van der Waals surface area contributed by atoms with Crippen LogP contribution in [0.2, 0.25) is 0 Å². The number of ether oxygens (including phenoxy) is 2. The van der Waals surface area contributed by atoms with Crippen molar-refractivity contribution >= 4 is 29.9 Å². The van der Waals surface area contributed by atoms with Crippen LogP contribution < -0.4 is 0 Å². The summed E-state index contributed by atoms with van der Waals surface area (Å²) in [5.74, 6) is 0.503. The summed E-state index contributed by atoms with van der Waals surface area (Å²) in [6, 6.07) is -0.969. The van der Waals surface area contributed by atoms with E-state index in [2.05, 4.69) is 0 Å². The number of thioether (sulfide) groups is 1. The van der Waals surface area contributed by atoms with Crippen molar-refractivity contribution in [3.05, 3.63) is 0 Å². The summed E-state index contributed by atoms with van der Waals surface area (Å²) in [6.45, 7) is 10.6. The molecule has 0 N–H and O–H groups in total. The molecule has 2 saturated heterocycles. The van der Waals surface area contributed by atoms with Gasteiger partial charge in [-0.2, -0.15) is 0 Å². The predicted molar refractivity (Wildman–Crippen MR) is 91.8 cm³/mol. The van der Waals surface area contributed by atoms with E-state index < -0.39 is 35.4 Å². The van der Waals surface area contributed by atoms with E-state index in [1.807, 2.05) is 0 Å². The second-order valence-electron chi connectivity index (χ2n) is 8.06. The average Bonchev–Trinajstić information content (AvgIpc) is 2.99. The van der Waals surface area contributed by atoms with Gasteiger partial charge >= 0.3 is 18.2 Å². The van der Waals surface area contributed by atoms with Gasteiger partial charge in [-0.1, -0.05) is 0 Å². The summed E-state index contributed by atoms with van der Waals surface area (Å²) in [4.78, 5) is 43.2. The Bertz CT molecular complexity index is 554. The van der Waals surface area contributed by atoms with Gasteiger partial charge in [0, 0.05) is 5.75 Å². The van der Waals surface area contributed by atoms with E-state index in [4.69, 9.17) is 14.3 Å². The van der Waals surface area contributed by atoms with Gasteiger partial charge in [0.25, 0.3) is 0 Å². The third-order valence-electron chi connectivity index (χ3n) is 3.44. The Morgan fingerprint density at radius 3 is 2.16 bits per heavy atom. The van der Waals surface area contributed by atoms with E-state index in [1.165, 1.54) is 11.8 Å². The van der Waals surface area contributed by atoms with E-state index in [9.17, 15) is 14.4 Å². The lowest BCUT2D eigenvalue weighted by molar-refractivity contribution is -0.171. The zero-order chi connectivity index (χ0) is 19.0. The molecule has 2 aliphatic rings. The van der Waals surface area contributed by atoms with Crippen LogP contribution in [0.15, 0.2) is 0 Å². The topological polar surface area (TPSA) is 85.4 Å². The molecule has 0 radical (unpaired) electrons. The maximum absolute atomic E-state index is 12.4. The highest BCUT2D eigenvalue weighted by Crippen LogP contribution is 2.32. The van der Waals surface area contributed by atoms with Crippen LogP contribution in [-0.4, -0.2) is 63.0 Å². The molecule has 2 rings (SSSR count). The van der Waals surface area contributed by atoms with Crippen LogP contribution >= 0.6 is 11.8 Å². The smallest absolute Gasteiger partial charge is 0.444 e. The molecular weight excluding hydrogens is 348 g/mol. The Labute approximate surface area is 152 Å². The lowest BCUT2D eigenvalue weighted by Crippen LogP contribution is -2.52. The van der Waals surface area contributed by atoms with Crippen molar-refractivity contribution in [1.82, 2.24) is 9.96 Å². The number of hydroxylamine groups is 2. The van der Waals surface area contributed by atoms with Crippen molar-refractivity contribution < 1.29 is 28.7 Å². The first-order valence-corrected chi connectivity index (χ1v) is 9.33. The number of carbonyl (C=O) groups excluding carboxylic acids is 3. The SMILES string of the molecule is CC(C)(C)OC(=O)N1CSC[C@H]1[C@@H]1CC(=O)ON1C(=O)OC(C)(C)C. The minimum absolute atomic E-state index is 0.0176. The van der Waals surface area contributed by atoms with E-state index >= 15 is 0 Å². The van der Waals surface area contributed by atoms with Crippen molar-refractivity contribution in [2.45, 2.75) is 71.2 Å². The molecule has 0 aromatic rings. The van der Waals surface area contributed by atoms with Crippen molar-refractivity contribution in [2.24, 2.45) is 0 Å². The van der Waals surface area contributed by atoms with Gasteiger partial charge in [-0.15, -0.1) is 16.8 Å². The monoisotopic (exact) mass is 374 g/mol.